The molecular weight excluding hydrogens is 352 g/mol. The molecule has 0 bridgehead atoms. The number of nitrogens with one attached hydrogen (secondary N) is 1. The monoisotopic (exact) mass is 372 g/mol. The SMILES string of the molecule is COc1ccc(C)cc1C(=O)O[C@H](C)c1nc2sc(C)c(C)c2c(=O)[nH]1. The topological polar surface area (TPSA) is 81.3 Å². The molecule has 0 aliphatic carbocycles. The summed E-state index contributed by atoms with van der Waals surface area (Å²) in [6, 6.07) is 5.28. The third kappa shape index (κ3) is 3.22. The summed E-state index contributed by atoms with van der Waals surface area (Å²) in [5.41, 5.74) is 1.97. The van der Waals surface area contributed by atoms with E-state index in [1.165, 1.54) is 18.4 Å². The number of benzene rings is 1. The van der Waals surface area contributed by atoms with Gasteiger partial charge in [0.2, 0.25) is 0 Å². The first-order valence-electron chi connectivity index (χ1n) is 8.17. The number of esters is 1. The van der Waals surface area contributed by atoms with E-state index in [4.69, 9.17) is 9.47 Å². The lowest BCUT2D eigenvalue weighted by Gasteiger charge is -2.14. The van der Waals surface area contributed by atoms with E-state index in [9.17, 15) is 9.59 Å². The first-order valence-corrected chi connectivity index (χ1v) is 8.99. The van der Waals surface area contributed by atoms with Gasteiger partial charge in [-0.05, 0) is 45.4 Å². The number of rotatable bonds is 4. The van der Waals surface area contributed by atoms with Crippen molar-refractivity contribution in [2.24, 2.45) is 0 Å². The second kappa shape index (κ2) is 6.92. The number of aromatic amines is 1. The van der Waals surface area contributed by atoms with Crippen molar-refractivity contribution in [1.29, 1.82) is 0 Å². The van der Waals surface area contributed by atoms with E-state index in [1.807, 2.05) is 26.8 Å². The number of hydrogen-bond acceptors (Lipinski definition) is 6. The summed E-state index contributed by atoms with van der Waals surface area (Å²) < 4.78 is 10.7. The predicted octanol–water partition coefficient (Wildman–Crippen LogP) is 3.84. The molecule has 6 nitrogen and oxygen atoms in total. The second-order valence-corrected chi connectivity index (χ2v) is 7.37. The average Bonchev–Trinajstić information content (AvgIpc) is 2.89. The summed E-state index contributed by atoms with van der Waals surface area (Å²) in [4.78, 5) is 33.8. The Kier molecular flexibility index (Phi) is 4.82. The Morgan fingerprint density at radius 1 is 1.27 bits per heavy atom. The van der Waals surface area contributed by atoms with Crippen LogP contribution in [-0.4, -0.2) is 23.0 Å². The molecule has 0 saturated carbocycles. The largest absolute Gasteiger partial charge is 0.496 e. The van der Waals surface area contributed by atoms with Gasteiger partial charge in [-0.15, -0.1) is 11.3 Å². The van der Waals surface area contributed by atoms with Gasteiger partial charge in [0.05, 0.1) is 12.5 Å². The number of ether oxygens (including phenoxy) is 2. The quantitative estimate of drug-likeness (QED) is 0.704. The van der Waals surface area contributed by atoms with Gasteiger partial charge in [-0.3, -0.25) is 4.79 Å². The van der Waals surface area contributed by atoms with Crippen LogP contribution in [0.4, 0.5) is 0 Å². The average molecular weight is 372 g/mol. The Morgan fingerprint density at radius 2 is 2.00 bits per heavy atom. The normalized spacial score (nSPS) is 12.2. The molecule has 0 saturated heterocycles. The van der Waals surface area contributed by atoms with Gasteiger partial charge in [-0.25, -0.2) is 9.78 Å². The van der Waals surface area contributed by atoms with Crippen LogP contribution >= 0.6 is 11.3 Å². The van der Waals surface area contributed by atoms with Crippen LogP contribution in [0, 0.1) is 20.8 Å². The molecule has 26 heavy (non-hydrogen) atoms. The fourth-order valence-corrected chi connectivity index (χ4v) is 3.76. The molecule has 1 aromatic carbocycles. The minimum Gasteiger partial charge on any atom is -0.496 e. The van der Waals surface area contributed by atoms with Crippen molar-refractivity contribution in [2.75, 3.05) is 7.11 Å². The molecule has 2 aromatic heterocycles. The Labute approximate surface area is 154 Å². The smallest absolute Gasteiger partial charge is 0.342 e. The van der Waals surface area contributed by atoms with E-state index in [-0.39, 0.29) is 5.56 Å². The summed E-state index contributed by atoms with van der Waals surface area (Å²) in [7, 11) is 1.50. The summed E-state index contributed by atoms with van der Waals surface area (Å²) in [6.45, 7) is 7.41. The molecule has 1 N–H and O–H groups in total. The number of aromatic nitrogens is 2. The van der Waals surface area contributed by atoms with Crippen LogP contribution in [0.15, 0.2) is 23.0 Å². The number of thiophene rings is 1. The Bertz CT molecular complexity index is 1050. The van der Waals surface area contributed by atoms with Crippen molar-refractivity contribution < 1.29 is 14.3 Å². The number of H-pyrrole nitrogens is 1. The third-order valence-electron chi connectivity index (χ3n) is 4.30. The van der Waals surface area contributed by atoms with Crippen molar-refractivity contribution >= 4 is 27.5 Å². The fourth-order valence-electron chi connectivity index (χ4n) is 2.73. The predicted molar refractivity (Wildman–Crippen MR) is 101 cm³/mol. The van der Waals surface area contributed by atoms with Gasteiger partial charge >= 0.3 is 5.97 Å². The molecule has 2 heterocycles. The molecule has 0 fully saturated rings. The van der Waals surface area contributed by atoms with Gasteiger partial charge in [0.25, 0.3) is 5.56 Å². The molecule has 3 rings (SSSR count). The third-order valence-corrected chi connectivity index (χ3v) is 5.40. The van der Waals surface area contributed by atoms with Crippen LogP contribution in [0.3, 0.4) is 0 Å². The maximum atomic E-state index is 12.5. The molecule has 3 aromatic rings. The molecule has 0 aliphatic rings. The number of carbonyl (C=O) groups excluding carboxylic acids is 1. The lowest BCUT2D eigenvalue weighted by Crippen LogP contribution is -2.17. The number of nitrogens with zero attached hydrogens (tertiary/aromatic N) is 1. The maximum Gasteiger partial charge on any atom is 0.342 e. The van der Waals surface area contributed by atoms with Gasteiger partial charge in [-0.2, -0.15) is 0 Å². The summed E-state index contributed by atoms with van der Waals surface area (Å²) in [5.74, 6) is 0.234. The van der Waals surface area contributed by atoms with Crippen LogP contribution in [0.5, 0.6) is 5.75 Å². The number of carbonyl (C=O) groups is 1. The molecule has 7 heteroatoms. The van der Waals surface area contributed by atoms with Crippen LogP contribution < -0.4 is 10.3 Å². The highest BCUT2D eigenvalue weighted by Gasteiger charge is 2.21. The molecule has 0 aliphatic heterocycles. The van der Waals surface area contributed by atoms with Crippen molar-refractivity contribution in [3.63, 3.8) is 0 Å². The van der Waals surface area contributed by atoms with Gasteiger partial charge in [-0.1, -0.05) is 11.6 Å². The number of hydrogen-bond donors (Lipinski definition) is 1. The number of aryl methyl sites for hydroxylation is 3. The van der Waals surface area contributed by atoms with E-state index >= 15 is 0 Å². The Hall–Kier alpha value is -2.67. The summed E-state index contributed by atoms with van der Waals surface area (Å²) in [6.07, 6.45) is -0.701. The highest BCUT2D eigenvalue weighted by Crippen LogP contribution is 2.28. The minimum atomic E-state index is -0.701. The molecular formula is C19H20N2O4S. The zero-order valence-electron chi connectivity index (χ0n) is 15.3. The standard InChI is InChI=1S/C19H20N2O4S/c1-9-6-7-14(24-5)13(8-9)19(23)25-11(3)16-20-17(22)15-10(2)12(4)26-18(15)21-16/h6-8,11H,1-5H3,(H,20,21,22)/t11-/m1/s1. The number of fused-ring (bicyclic) bond motifs is 1. The van der Waals surface area contributed by atoms with E-state index in [0.29, 0.717) is 27.4 Å². The molecule has 0 spiro atoms. The number of methoxy groups -OCH3 is 1. The highest BCUT2D eigenvalue weighted by molar-refractivity contribution is 7.18. The minimum absolute atomic E-state index is 0.220. The van der Waals surface area contributed by atoms with E-state index in [2.05, 4.69) is 9.97 Å². The van der Waals surface area contributed by atoms with Gasteiger partial charge < -0.3 is 14.5 Å². The Balaban J connectivity index is 1.92. The molecule has 1 atom stereocenters. The van der Waals surface area contributed by atoms with Crippen LogP contribution in [0.1, 0.15) is 45.2 Å². The van der Waals surface area contributed by atoms with E-state index in [1.54, 1.807) is 19.1 Å². The van der Waals surface area contributed by atoms with Crippen molar-refractivity contribution in [3.05, 3.63) is 55.9 Å². The van der Waals surface area contributed by atoms with E-state index < -0.39 is 12.1 Å². The molecule has 0 radical (unpaired) electrons. The van der Waals surface area contributed by atoms with E-state index in [0.717, 1.165) is 16.0 Å². The van der Waals surface area contributed by atoms with Gasteiger partial charge in [0.15, 0.2) is 11.9 Å². The lowest BCUT2D eigenvalue weighted by atomic mass is 10.1. The highest BCUT2D eigenvalue weighted by atomic mass is 32.1. The maximum absolute atomic E-state index is 12.5. The lowest BCUT2D eigenvalue weighted by molar-refractivity contribution is 0.0316. The van der Waals surface area contributed by atoms with Crippen LogP contribution in [0.2, 0.25) is 0 Å². The summed E-state index contributed by atoms with van der Waals surface area (Å²) in [5, 5.41) is 0.593. The van der Waals surface area contributed by atoms with Crippen LogP contribution in [0.25, 0.3) is 10.2 Å². The zero-order valence-corrected chi connectivity index (χ0v) is 16.1. The van der Waals surface area contributed by atoms with Crippen molar-refractivity contribution in [3.8, 4) is 5.75 Å². The van der Waals surface area contributed by atoms with Crippen LogP contribution in [-0.2, 0) is 4.74 Å². The Morgan fingerprint density at radius 3 is 2.69 bits per heavy atom. The molecule has 136 valence electrons. The molecule has 0 amide bonds. The summed E-state index contributed by atoms with van der Waals surface area (Å²) >= 11 is 1.46. The molecule has 0 unspecified atom stereocenters. The first-order chi connectivity index (χ1) is 12.3. The fraction of sp³-hybridized carbons (Fsp3) is 0.316. The second-order valence-electron chi connectivity index (χ2n) is 6.17. The van der Waals surface area contributed by atoms with Crippen molar-refractivity contribution in [1.82, 2.24) is 9.97 Å². The van der Waals surface area contributed by atoms with Crippen molar-refractivity contribution in [2.45, 2.75) is 33.8 Å². The zero-order chi connectivity index (χ0) is 19.0. The van der Waals surface area contributed by atoms with Gasteiger partial charge in [0, 0.05) is 4.88 Å². The van der Waals surface area contributed by atoms with Gasteiger partial charge in [0.1, 0.15) is 16.1 Å². The first kappa shape index (κ1) is 18.1.